The summed E-state index contributed by atoms with van der Waals surface area (Å²) in [5.74, 6) is 1.78. The van der Waals surface area contributed by atoms with E-state index in [1.54, 1.807) is 4.90 Å². The van der Waals surface area contributed by atoms with Gasteiger partial charge in [0.1, 0.15) is 0 Å². The molecule has 2 fully saturated rings. The van der Waals surface area contributed by atoms with Gasteiger partial charge in [-0.25, -0.2) is 4.79 Å². The number of hydrogen-bond donors (Lipinski definition) is 1. The SMILES string of the molecule is CCNC(=NCC1CC1)N1CCN(C(=O)OCC)CC1. The number of nitrogens with one attached hydrogen (secondary N) is 1. The molecular weight excluding hydrogens is 256 g/mol. The fraction of sp³-hybridized carbons (Fsp3) is 0.857. The van der Waals surface area contributed by atoms with Crippen LogP contribution in [0.2, 0.25) is 0 Å². The molecule has 1 saturated heterocycles. The molecule has 2 aliphatic rings. The van der Waals surface area contributed by atoms with E-state index >= 15 is 0 Å². The summed E-state index contributed by atoms with van der Waals surface area (Å²) in [6.07, 6.45) is 2.44. The molecule has 1 heterocycles. The van der Waals surface area contributed by atoms with Crippen LogP contribution in [0.15, 0.2) is 4.99 Å². The minimum atomic E-state index is -0.202. The maximum atomic E-state index is 11.7. The summed E-state index contributed by atoms with van der Waals surface area (Å²) in [4.78, 5) is 20.4. The molecule has 0 atom stereocenters. The highest BCUT2D eigenvalue weighted by molar-refractivity contribution is 5.80. The van der Waals surface area contributed by atoms with Gasteiger partial charge in [-0.05, 0) is 32.6 Å². The van der Waals surface area contributed by atoms with E-state index in [-0.39, 0.29) is 6.09 Å². The molecule has 0 spiro atoms. The van der Waals surface area contributed by atoms with Crippen molar-refractivity contribution in [1.29, 1.82) is 0 Å². The number of nitrogens with zero attached hydrogens (tertiary/aromatic N) is 3. The monoisotopic (exact) mass is 282 g/mol. The van der Waals surface area contributed by atoms with Crippen LogP contribution in [0.3, 0.4) is 0 Å². The molecule has 1 N–H and O–H groups in total. The van der Waals surface area contributed by atoms with Crippen molar-refractivity contribution in [3.63, 3.8) is 0 Å². The third-order valence-electron chi connectivity index (χ3n) is 3.64. The molecule has 1 aliphatic heterocycles. The number of guanidine groups is 1. The summed E-state index contributed by atoms with van der Waals surface area (Å²) in [6, 6.07) is 0. The van der Waals surface area contributed by atoms with Crippen LogP contribution in [0.4, 0.5) is 4.79 Å². The van der Waals surface area contributed by atoms with Crippen molar-refractivity contribution in [3.05, 3.63) is 0 Å². The Morgan fingerprint density at radius 2 is 1.85 bits per heavy atom. The summed E-state index contributed by atoms with van der Waals surface area (Å²) in [7, 11) is 0. The van der Waals surface area contributed by atoms with E-state index in [0.717, 1.165) is 38.1 Å². The molecule has 6 heteroatoms. The minimum Gasteiger partial charge on any atom is -0.450 e. The summed E-state index contributed by atoms with van der Waals surface area (Å²) >= 11 is 0. The molecule has 6 nitrogen and oxygen atoms in total. The predicted octanol–water partition coefficient (Wildman–Crippen LogP) is 1.14. The Hall–Kier alpha value is -1.46. The van der Waals surface area contributed by atoms with Gasteiger partial charge < -0.3 is 19.9 Å². The van der Waals surface area contributed by atoms with Crippen LogP contribution in [0.5, 0.6) is 0 Å². The second-order valence-electron chi connectivity index (χ2n) is 5.31. The lowest BCUT2D eigenvalue weighted by molar-refractivity contribution is 0.0914. The fourth-order valence-corrected chi connectivity index (χ4v) is 2.26. The number of amides is 1. The number of carbonyl (C=O) groups excluding carboxylic acids is 1. The zero-order valence-corrected chi connectivity index (χ0v) is 12.6. The topological polar surface area (TPSA) is 57.2 Å². The lowest BCUT2D eigenvalue weighted by Gasteiger charge is -2.35. The van der Waals surface area contributed by atoms with Crippen LogP contribution in [-0.4, -0.2) is 67.7 Å². The number of hydrogen-bond acceptors (Lipinski definition) is 3. The van der Waals surface area contributed by atoms with E-state index in [0.29, 0.717) is 19.7 Å². The van der Waals surface area contributed by atoms with Gasteiger partial charge in [-0.15, -0.1) is 0 Å². The molecule has 1 amide bonds. The fourth-order valence-electron chi connectivity index (χ4n) is 2.26. The molecule has 1 saturated carbocycles. The van der Waals surface area contributed by atoms with Gasteiger partial charge in [0.15, 0.2) is 5.96 Å². The van der Waals surface area contributed by atoms with Crippen LogP contribution >= 0.6 is 0 Å². The first-order valence-corrected chi connectivity index (χ1v) is 7.69. The van der Waals surface area contributed by atoms with E-state index in [4.69, 9.17) is 9.73 Å². The van der Waals surface area contributed by atoms with Crippen molar-refractivity contribution in [2.24, 2.45) is 10.9 Å². The molecule has 0 bridgehead atoms. The molecule has 20 heavy (non-hydrogen) atoms. The lowest BCUT2D eigenvalue weighted by Crippen LogP contribution is -2.54. The van der Waals surface area contributed by atoms with Crippen LogP contribution in [0, 0.1) is 5.92 Å². The largest absolute Gasteiger partial charge is 0.450 e. The summed E-state index contributed by atoms with van der Waals surface area (Å²) in [5, 5.41) is 3.35. The Bertz CT molecular complexity index is 347. The van der Waals surface area contributed by atoms with Crippen LogP contribution < -0.4 is 5.32 Å². The molecule has 2 rings (SSSR count). The molecule has 0 aromatic carbocycles. The summed E-state index contributed by atoms with van der Waals surface area (Å²) in [6.45, 7) is 9.19. The maximum absolute atomic E-state index is 11.7. The summed E-state index contributed by atoms with van der Waals surface area (Å²) in [5.41, 5.74) is 0. The van der Waals surface area contributed by atoms with Gasteiger partial charge in [0.05, 0.1) is 6.61 Å². The highest BCUT2D eigenvalue weighted by Crippen LogP contribution is 2.28. The van der Waals surface area contributed by atoms with Crippen molar-refractivity contribution in [2.75, 3.05) is 45.9 Å². The van der Waals surface area contributed by atoms with Gasteiger partial charge in [0, 0.05) is 39.3 Å². The van der Waals surface area contributed by atoms with E-state index in [1.807, 2.05) is 6.92 Å². The molecule has 1 aliphatic carbocycles. The Balaban J connectivity index is 1.82. The third kappa shape index (κ3) is 4.28. The van der Waals surface area contributed by atoms with Gasteiger partial charge in [-0.2, -0.15) is 0 Å². The normalized spacial score (nSPS) is 20.0. The predicted molar refractivity (Wildman–Crippen MR) is 78.9 cm³/mol. The average Bonchev–Trinajstić information content (AvgIpc) is 3.28. The standard InChI is InChI=1S/C14H26N4O2/c1-3-15-13(16-11-12-5-6-12)17-7-9-18(10-8-17)14(19)20-4-2/h12H,3-11H2,1-2H3,(H,15,16). The highest BCUT2D eigenvalue weighted by Gasteiger charge is 2.25. The van der Waals surface area contributed by atoms with Crippen LogP contribution in [-0.2, 0) is 4.74 Å². The second-order valence-corrected chi connectivity index (χ2v) is 5.31. The average molecular weight is 282 g/mol. The van der Waals surface area contributed by atoms with Gasteiger partial charge >= 0.3 is 6.09 Å². The van der Waals surface area contributed by atoms with Gasteiger partial charge in [-0.1, -0.05) is 0 Å². The maximum Gasteiger partial charge on any atom is 0.409 e. The Labute approximate surface area is 121 Å². The van der Waals surface area contributed by atoms with Crippen molar-refractivity contribution in [2.45, 2.75) is 26.7 Å². The lowest BCUT2D eigenvalue weighted by atomic mass is 10.3. The van der Waals surface area contributed by atoms with Crippen LogP contribution in [0.1, 0.15) is 26.7 Å². The Morgan fingerprint density at radius 3 is 2.40 bits per heavy atom. The first-order valence-electron chi connectivity index (χ1n) is 7.69. The zero-order valence-electron chi connectivity index (χ0n) is 12.6. The third-order valence-corrected chi connectivity index (χ3v) is 3.64. The van der Waals surface area contributed by atoms with Crippen molar-refractivity contribution >= 4 is 12.1 Å². The van der Waals surface area contributed by atoms with Crippen molar-refractivity contribution in [1.82, 2.24) is 15.1 Å². The van der Waals surface area contributed by atoms with E-state index in [1.165, 1.54) is 12.8 Å². The van der Waals surface area contributed by atoms with Crippen molar-refractivity contribution in [3.8, 4) is 0 Å². The second kappa shape index (κ2) is 7.36. The first kappa shape index (κ1) is 14.9. The number of carbonyl (C=O) groups is 1. The zero-order chi connectivity index (χ0) is 14.4. The van der Waals surface area contributed by atoms with Gasteiger partial charge in [0.25, 0.3) is 0 Å². The first-order chi connectivity index (χ1) is 9.74. The van der Waals surface area contributed by atoms with E-state index in [9.17, 15) is 4.79 Å². The smallest absolute Gasteiger partial charge is 0.409 e. The quantitative estimate of drug-likeness (QED) is 0.620. The van der Waals surface area contributed by atoms with E-state index < -0.39 is 0 Å². The Morgan fingerprint density at radius 1 is 1.20 bits per heavy atom. The number of piperazine rings is 1. The number of ether oxygens (including phenoxy) is 1. The van der Waals surface area contributed by atoms with Gasteiger partial charge in [-0.3, -0.25) is 4.99 Å². The highest BCUT2D eigenvalue weighted by atomic mass is 16.6. The number of rotatable bonds is 4. The molecular formula is C14H26N4O2. The van der Waals surface area contributed by atoms with E-state index in [2.05, 4.69) is 17.1 Å². The van der Waals surface area contributed by atoms with Crippen LogP contribution in [0.25, 0.3) is 0 Å². The molecule has 0 aromatic rings. The van der Waals surface area contributed by atoms with Crippen molar-refractivity contribution < 1.29 is 9.53 Å². The van der Waals surface area contributed by atoms with Gasteiger partial charge in [0.2, 0.25) is 0 Å². The molecule has 0 radical (unpaired) electrons. The molecule has 0 unspecified atom stereocenters. The summed E-state index contributed by atoms with van der Waals surface area (Å²) < 4.78 is 5.03. The minimum absolute atomic E-state index is 0.202. The number of aliphatic imine (C=N–C) groups is 1. The molecule has 114 valence electrons. The Kier molecular flexibility index (Phi) is 5.49. The molecule has 0 aromatic heterocycles.